The number of esters is 3. The lowest BCUT2D eigenvalue weighted by Gasteiger charge is -2.18. The van der Waals surface area contributed by atoms with Crippen molar-refractivity contribution in [2.75, 3.05) is 13.2 Å². The number of rotatable bonds is 54. The van der Waals surface area contributed by atoms with Gasteiger partial charge >= 0.3 is 17.9 Å². The first-order valence-electron chi connectivity index (χ1n) is 29.2. The van der Waals surface area contributed by atoms with E-state index in [0.29, 0.717) is 19.3 Å². The van der Waals surface area contributed by atoms with Gasteiger partial charge in [0.25, 0.3) is 0 Å². The van der Waals surface area contributed by atoms with Crippen molar-refractivity contribution in [2.24, 2.45) is 0 Å². The van der Waals surface area contributed by atoms with Crippen LogP contribution < -0.4 is 0 Å². The van der Waals surface area contributed by atoms with Gasteiger partial charge in [0.1, 0.15) is 13.2 Å². The van der Waals surface area contributed by atoms with Gasteiger partial charge in [0, 0.05) is 19.3 Å². The third-order valence-corrected chi connectivity index (χ3v) is 13.3. The summed E-state index contributed by atoms with van der Waals surface area (Å²) in [5.74, 6) is -0.864. The zero-order chi connectivity index (χ0) is 47.2. The van der Waals surface area contributed by atoms with Crippen LogP contribution in [-0.2, 0) is 28.6 Å². The zero-order valence-electron chi connectivity index (χ0n) is 44.0. The first-order chi connectivity index (χ1) is 32.0. The van der Waals surface area contributed by atoms with Crippen LogP contribution in [0.4, 0.5) is 0 Å². The predicted molar refractivity (Wildman–Crippen MR) is 280 cm³/mol. The van der Waals surface area contributed by atoms with Crippen molar-refractivity contribution in [3.8, 4) is 0 Å². The molecule has 0 spiro atoms. The molecule has 0 aliphatic heterocycles. The van der Waals surface area contributed by atoms with Gasteiger partial charge < -0.3 is 14.2 Å². The van der Waals surface area contributed by atoms with E-state index in [1.807, 2.05) is 0 Å². The summed E-state index contributed by atoms with van der Waals surface area (Å²) in [5, 5.41) is 0. The Labute approximate surface area is 405 Å². The number of hydrogen-bond acceptors (Lipinski definition) is 6. The smallest absolute Gasteiger partial charge is 0.306 e. The molecule has 0 aromatic carbocycles. The van der Waals surface area contributed by atoms with Crippen LogP contribution in [0.5, 0.6) is 0 Å². The van der Waals surface area contributed by atoms with E-state index in [1.165, 1.54) is 231 Å². The van der Waals surface area contributed by atoms with Gasteiger partial charge in [-0.05, 0) is 44.9 Å². The van der Waals surface area contributed by atoms with Crippen LogP contribution >= 0.6 is 0 Å². The Hall–Kier alpha value is -1.85. The van der Waals surface area contributed by atoms with Crippen LogP contribution in [0.3, 0.4) is 0 Å². The summed E-state index contributed by atoms with van der Waals surface area (Å²) < 4.78 is 16.7. The van der Waals surface area contributed by atoms with Crippen molar-refractivity contribution in [1.29, 1.82) is 0 Å². The quantitative estimate of drug-likeness (QED) is 0.0262. The Morgan fingerprint density at radius 2 is 0.508 bits per heavy atom. The maximum atomic E-state index is 12.6. The molecule has 0 fully saturated rings. The van der Waals surface area contributed by atoms with Crippen molar-refractivity contribution < 1.29 is 28.6 Å². The van der Waals surface area contributed by atoms with E-state index >= 15 is 0 Å². The van der Waals surface area contributed by atoms with Crippen LogP contribution in [0.1, 0.15) is 329 Å². The van der Waals surface area contributed by atoms with Gasteiger partial charge in [-0.3, -0.25) is 14.4 Å². The summed E-state index contributed by atoms with van der Waals surface area (Å²) in [4.78, 5) is 37.6. The van der Waals surface area contributed by atoms with Crippen LogP contribution in [0, 0.1) is 0 Å². The number of unbranched alkanes of at least 4 members (excludes halogenated alkanes) is 41. The molecule has 6 nitrogen and oxygen atoms in total. The molecule has 0 amide bonds. The van der Waals surface area contributed by atoms with Crippen LogP contribution in [-0.4, -0.2) is 37.2 Å². The Morgan fingerprint density at radius 1 is 0.292 bits per heavy atom. The molecule has 0 aromatic heterocycles. The third-order valence-electron chi connectivity index (χ3n) is 13.3. The fourth-order valence-electron chi connectivity index (χ4n) is 8.85. The third kappa shape index (κ3) is 53.0. The van der Waals surface area contributed by atoms with Crippen molar-refractivity contribution in [2.45, 2.75) is 335 Å². The number of carbonyl (C=O) groups excluding carboxylic acids is 3. The number of allylic oxidation sites excluding steroid dienone is 2. The summed E-state index contributed by atoms with van der Waals surface area (Å²) in [7, 11) is 0. The van der Waals surface area contributed by atoms with Gasteiger partial charge in [0.15, 0.2) is 6.10 Å². The average molecular weight is 918 g/mol. The first-order valence-corrected chi connectivity index (χ1v) is 29.2. The topological polar surface area (TPSA) is 78.9 Å². The molecule has 1 unspecified atom stereocenters. The lowest BCUT2D eigenvalue weighted by Crippen LogP contribution is -2.30. The second-order valence-electron chi connectivity index (χ2n) is 19.9. The van der Waals surface area contributed by atoms with Crippen molar-refractivity contribution in [3.63, 3.8) is 0 Å². The summed E-state index contributed by atoms with van der Waals surface area (Å²) in [6.45, 7) is 6.58. The fraction of sp³-hybridized carbons (Fsp3) is 0.915. The Bertz CT molecular complexity index is 1010. The summed E-state index contributed by atoms with van der Waals surface area (Å²) >= 11 is 0. The summed E-state index contributed by atoms with van der Waals surface area (Å²) in [6, 6.07) is 0. The number of hydrogen-bond donors (Lipinski definition) is 0. The molecular formula is C59H112O6. The molecule has 0 rings (SSSR count). The monoisotopic (exact) mass is 917 g/mol. The minimum atomic E-state index is -0.759. The normalized spacial score (nSPS) is 12.0. The zero-order valence-corrected chi connectivity index (χ0v) is 44.0. The Morgan fingerprint density at radius 3 is 0.769 bits per heavy atom. The highest BCUT2D eigenvalue weighted by Gasteiger charge is 2.19. The molecule has 0 N–H and O–H groups in total. The molecule has 1 atom stereocenters. The predicted octanol–water partition coefficient (Wildman–Crippen LogP) is 19.3. The second kappa shape index (κ2) is 54.8. The summed E-state index contributed by atoms with van der Waals surface area (Å²) in [6.07, 6.45) is 62.9. The minimum Gasteiger partial charge on any atom is -0.462 e. The molecule has 384 valence electrons. The molecule has 0 heterocycles. The maximum Gasteiger partial charge on any atom is 0.306 e. The highest BCUT2D eigenvalue weighted by atomic mass is 16.6. The summed E-state index contributed by atoms with van der Waals surface area (Å²) in [5.41, 5.74) is 0. The molecule has 0 radical (unpaired) electrons. The van der Waals surface area contributed by atoms with Crippen molar-refractivity contribution >= 4 is 17.9 Å². The first kappa shape index (κ1) is 63.1. The van der Waals surface area contributed by atoms with Crippen molar-refractivity contribution in [3.05, 3.63) is 12.2 Å². The Balaban J connectivity index is 3.78. The SMILES string of the molecule is CCCCCCCCCC/C=C\CCCCCCCCCCCCCCCCCCCCCCCC(=O)OCC(COC(=O)CCCCCCCC)OC(=O)CCCCCCCCCC. The van der Waals surface area contributed by atoms with E-state index in [1.54, 1.807) is 0 Å². The largest absolute Gasteiger partial charge is 0.462 e. The van der Waals surface area contributed by atoms with Crippen molar-refractivity contribution in [1.82, 2.24) is 0 Å². The number of carbonyl (C=O) groups is 3. The lowest BCUT2D eigenvalue weighted by molar-refractivity contribution is -0.167. The van der Waals surface area contributed by atoms with E-state index in [9.17, 15) is 14.4 Å². The maximum absolute atomic E-state index is 12.6. The molecule has 0 saturated carbocycles. The molecular weight excluding hydrogens is 805 g/mol. The highest BCUT2D eigenvalue weighted by molar-refractivity contribution is 5.71. The van der Waals surface area contributed by atoms with Gasteiger partial charge in [-0.25, -0.2) is 0 Å². The van der Waals surface area contributed by atoms with Gasteiger partial charge in [-0.15, -0.1) is 0 Å². The molecule has 0 aromatic rings. The second-order valence-corrected chi connectivity index (χ2v) is 19.9. The minimum absolute atomic E-state index is 0.0649. The van der Waals surface area contributed by atoms with E-state index in [2.05, 4.69) is 32.9 Å². The Kier molecular flexibility index (Phi) is 53.2. The van der Waals surface area contributed by atoms with Gasteiger partial charge in [-0.2, -0.15) is 0 Å². The van der Waals surface area contributed by atoms with Gasteiger partial charge in [-0.1, -0.05) is 277 Å². The molecule has 0 aliphatic carbocycles. The molecule has 0 saturated heterocycles. The van der Waals surface area contributed by atoms with Gasteiger partial charge in [0.05, 0.1) is 0 Å². The molecule has 65 heavy (non-hydrogen) atoms. The van der Waals surface area contributed by atoms with Crippen LogP contribution in [0.2, 0.25) is 0 Å². The van der Waals surface area contributed by atoms with E-state index < -0.39 is 6.10 Å². The molecule has 0 bridgehead atoms. The van der Waals surface area contributed by atoms with Crippen LogP contribution in [0.15, 0.2) is 12.2 Å². The number of ether oxygens (including phenoxy) is 3. The molecule has 0 aliphatic rings. The highest BCUT2D eigenvalue weighted by Crippen LogP contribution is 2.17. The van der Waals surface area contributed by atoms with E-state index in [0.717, 1.165) is 57.8 Å². The average Bonchev–Trinajstić information content (AvgIpc) is 3.30. The standard InChI is InChI=1S/C59H112O6/c1-4-7-10-13-16-18-19-20-21-22-23-24-25-26-27-28-29-30-31-32-33-34-35-36-37-38-39-40-41-42-44-46-49-52-58(61)64-55-56(54-63-57(60)51-48-45-15-12-9-6-3)65-59(62)53-50-47-43-17-14-11-8-5-2/h22-23,56H,4-21,24-55H2,1-3H3/b23-22-. The van der Waals surface area contributed by atoms with Gasteiger partial charge in [0.2, 0.25) is 0 Å². The van der Waals surface area contributed by atoms with Crippen LogP contribution in [0.25, 0.3) is 0 Å². The van der Waals surface area contributed by atoms with E-state index in [4.69, 9.17) is 14.2 Å². The van der Waals surface area contributed by atoms with E-state index in [-0.39, 0.29) is 31.1 Å². The molecule has 6 heteroatoms. The fourth-order valence-corrected chi connectivity index (χ4v) is 8.85. The lowest BCUT2D eigenvalue weighted by atomic mass is 10.0.